The van der Waals surface area contributed by atoms with Gasteiger partial charge in [0.05, 0.1) is 11.1 Å². The minimum Gasteiger partial charge on any atom is -0.478 e. The molecule has 25 heavy (non-hydrogen) atoms. The zero-order valence-electron chi connectivity index (χ0n) is 13.7. The Morgan fingerprint density at radius 3 is 2.12 bits per heavy atom. The average molecular weight is 334 g/mol. The molecule has 0 amide bonds. The molecular formula is C21H18O4. The molecule has 3 rings (SSSR count). The Balaban J connectivity index is 2.50. The Kier molecular flexibility index (Phi) is 4.05. The van der Waals surface area contributed by atoms with Crippen LogP contribution in [0.25, 0.3) is 11.1 Å². The highest BCUT2D eigenvalue weighted by Crippen LogP contribution is 2.54. The van der Waals surface area contributed by atoms with Crippen LogP contribution in [0.1, 0.15) is 44.7 Å². The second kappa shape index (κ2) is 6.06. The van der Waals surface area contributed by atoms with Gasteiger partial charge in [0.1, 0.15) is 0 Å². The molecule has 126 valence electrons. The lowest BCUT2D eigenvalue weighted by molar-refractivity contribution is 0.0649. The van der Waals surface area contributed by atoms with E-state index in [0.717, 1.165) is 16.7 Å². The summed E-state index contributed by atoms with van der Waals surface area (Å²) in [5.41, 5.74) is 2.20. The van der Waals surface area contributed by atoms with Crippen LogP contribution in [0.4, 0.5) is 0 Å². The minimum atomic E-state index is -1.25. The Morgan fingerprint density at radius 2 is 1.56 bits per heavy atom. The fourth-order valence-corrected chi connectivity index (χ4v) is 3.99. The van der Waals surface area contributed by atoms with E-state index in [9.17, 15) is 19.8 Å². The monoisotopic (exact) mass is 334 g/mol. The van der Waals surface area contributed by atoms with Crippen molar-refractivity contribution >= 4 is 11.9 Å². The summed E-state index contributed by atoms with van der Waals surface area (Å²) in [5, 5.41) is 19.3. The zero-order chi connectivity index (χ0) is 18.2. The number of hydrogen-bond acceptors (Lipinski definition) is 2. The summed E-state index contributed by atoms with van der Waals surface area (Å²) >= 11 is 0. The van der Waals surface area contributed by atoms with Crippen molar-refractivity contribution < 1.29 is 19.8 Å². The first kappa shape index (κ1) is 16.7. The first-order valence-electron chi connectivity index (χ1n) is 7.93. The molecule has 1 aliphatic rings. The SMILES string of the molecule is C=CCC1(CC=C)c2ccccc2-c2ccc(C(=O)O)c(C(=O)O)c21. The number of aromatic carboxylic acids is 2. The van der Waals surface area contributed by atoms with Gasteiger partial charge in [0.25, 0.3) is 0 Å². The van der Waals surface area contributed by atoms with Gasteiger partial charge in [-0.25, -0.2) is 9.59 Å². The molecule has 0 radical (unpaired) electrons. The summed E-state index contributed by atoms with van der Waals surface area (Å²) in [7, 11) is 0. The Morgan fingerprint density at radius 1 is 0.920 bits per heavy atom. The Bertz CT molecular complexity index is 898. The molecule has 4 heteroatoms. The van der Waals surface area contributed by atoms with Crippen LogP contribution >= 0.6 is 0 Å². The van der Waals surface area contributed by atoms with E-state index in [2.05, 4.69) is 13.2 Å². The summed E-state index contributed by atoms with van der Waals surface area (Å²) < 4.78 is 0. The van der Waals surface area contributed by atoms with Crippen LogP contribution in [-0.4, -0.2) is 22.2 Å². The maximum atomic E-state index is 12.0. The van der Waals surface area contributed by atoms with Gasteiger partial charge in [-0.1, -0.05) is 42.5 Å². The molecule has 0 atom stereocenters. The predicted octanol–water partition coefficient (Wildman–Crippen LogP) is 4.50. The van der Waals surface area contributed by atoms with Gasteiger partial charge in [0, 0.05) is 5.41 Å². The van der Waals surface area contributed by atoms with Gasteiger partial charge in [-0.05, 0) is 41.2 Å². The maximum Gasteiger partial charge on any atom is 0.336 e. The van der Waals surface area contributed by atoms with Crippen molar-refractivity contribution in [2.45, 2.75) is 18.3 Å². The number of fused-ring (bicyclic) bond motifs is 3. The lowest BCUT2D eigenvalue weighted by atomic mass is 9.71. The summed E-state index contributed by atoms with van der Waals surface area (Å²) in [6, 6.07) is 10.8. The van der Waals surface area contributed by atoms with E-state index in [1.54, 1.807) is 18.2 Å². The van der Waals surface area contributed by atoms with Gasteiger partial charge in [-0.2, -0.15) is 0 Å². The molecule has 0 unspecified atom stereocenters. The molecule has 0 aliphatic heterocycles. The van der Waals surface area contributed by atoms with Crippen LogP contribution in [-0.2, 0) is 5.41 Å². The van der Waals surface area contributed by atoms with Crippen LogP contribution in [0.5, 0.6) is 0 Å². The van der Waals surface area contributed by atoms with E-state index in [1.165, 1.54) is 6.07 Å². The molecule has 0 fully saturated rings. The molecule has 0 saturated heterocycles. The molecule has 0 saturated carbocycles. The highest BCUT2D eigenvalue weighted by atomic mass is 16.4. The largest absolute Gasteiger partial charge is 0.478 e. The van der Waals surface area contributed by atoms with E-state index in [1.807, 2.05) is 24.3 Å². The van der Waals surface area contributed by atoms with Crippen LogP contribution in [0.15, 0.2) is 61.7 Å². The minimum absolute atomic E-state index is 0.148. The van der Waals surface area contributed by atoms with Gasteiger partial charge < -0.3 is 10.2 Å². The van der Waals surface area contributed by atoms with Gasteiger partial charge in [0.2, 0.25) is 0 Å². The van der Waals surface area contributed by atoms with E-state index in [-0.39, 0.29) is 11.1 Å². The first-order valence-corrected chi connectivity index (χ1v) is 7.93. The smallest absolute Gasteiger partial charge is 0.336 e. The molecule has 0 heterocycles. The molecule has 2 N–H and O–H groups in total. The number of allylic oxidation sites excluding steroid dienone is 2. The molecule has 1 aliphatic carbocycles. The van der Waals surface area contributed by atoms with Crippen LogP contribution < -0.4 is 0 Å². The first-order chi connectivity index (χ1) is 12.0. The lowest BCUT2D eigenvalue weighted by Crippen LogP contribution is -2.27. The van der Waals surface area contributed by atoms with Gasteiger partial charge in [0.15, 0.2) is 0 Å². The number of hydrogen-bond donors (Lipinski definition) is 2. The van der Waals surface area contributed by atoms with Crippen LogP contribution in [0.3, 0.4) is 0 Å². The van der Waals surface area contributed by atoms with E-state index in [0.29, 0.717) is 18.4 Å². The second-order valence-electron chi connectivity index (χ2n) is 6.13. The summed E-state index contributed by atoms with van der Waals surface area (Å²) in [6.07, 6.45) is 4.47. The molecule has 2 aromatic carbocycles. The Labute approximate surface area is 145 Å². The molecular weight excluding hydrogens is 316 g/mol. The van der Waals surface area contributed by atoms with E-state index >= 15 is 0 Å². The fraction of sp³-hybridized carbons (Fsp3) is 0.143. The topological polar surface area (TPSA) is 74.6 Å². The molecule has 2 aromatic rings. The molecule has 0 spiro atoms. The quantitative estimate of drug-likeness (QED) is 0.763. The van der Waals surface area contributed by atoms with E-state index < -0.39 is 17.4 Å². The van der Waals surface area contributed by atoms with Crippen molar-refractivity contribution in [3.63, 3.8) is 0 Å². The van der Waals surface area contributed by atoms with E-state index in [4.69, 9.17) is 0 Å². The van der Waals surface area contributed by atoms with Gasteiger partial charge in [-0.15, -0.1) is 13.2 Å². The number of carbonyl (C=O) groups is 2. The third-order valence-corrected chi connectivity index (χ3v) is 4.85. The van der Waals surface area contributed by atoms with Crippen molar-refractivity contribution in [2.75, 3.05) is 0 Å². The number of carboxylic acids is 2. The number of benzene rings is 2. The van der Waals surface area contributed by atoms with Crippen LogP contribution in [0, 0.1) is 0 Å². The third kappa shape index (κ3) is 2.30. The molecule has 0 bridgehead atoms. The number of carboxylic acid groups (broad SMARTS) is 2. The second-order valence-corrected chi connectivity index (χ2v) is 6.13. The Hall–Kier alpha value is -3.14. The summed E-state index contributed by atoms with van der Waals surface area (Å²) in [4.78, 5) is 23.6. The normalized spacial score (nSPS) is 13.6. The summed E-state index contributed by atoms with van der Waals surface area (Å²) in [6.45, 7) is 7.66. The highest BCUT2D eigenvalue weighted by Gasteiger charge is 2.45. The predicted molar refractivity (Wildman–Crippen MR) is 96.2 cm³/mol. The summed E-state index contributed by atoms with van der Waals surface area (Å²) in [5.74, 6) is -2.48. The van der Waals surface area contributed by atoms with Gasteiger partial charge in [-0.3, -0.25) is 0 Å². The number of rotatable bonds is 6. The zero-order valence-corrected chi connectivity index (χ0v) is 13.7. The standard InChI is InChI=1S/C21H18O4/c1-3-11-21(12-4-2)16-8-6-5-7-13(16)14-9-10-15(19(22)23)17(18(14)21)20(24)25/h3-10H,1-2,11-12H2,(H,22,23)(H,24,25). The fourth-order valence-electron chi connectivity index (χ4n) is 3.99. The van der Waals surface area contributed by atoms with Crippen molar-refractivity contribution in [1.29, 1.82) is 0 Å². The van der Waals surface area contributed by atoms with Crippen molar-refractivity contribution in [1.82, 2.24) is 0 Å². The van der Waals surface area contributed by atoms with Gasteiger partial charge >= 0.3 is 11.9 Å². The van der Waals surface area contributed by atoms with Crippen molar-refractivity contribution in [2.24, 2.45) is 0 Å². The molecule has 0 aromatic heterocycles. The lowest BCUT2D eigenvalue weighted by Gasteiger charge is -2.31. The third-order valence-electron chi connectivity index (χ3n) is 4.85. The maximum absolute atomic E-state index is 12.0. The highest BCUT2D eigenvalue weighted by molar-refractivity contribution is 6.06. The van der Waals surface area contributed by atoms with Crippen molar-refractivity contribution in [3.05, 3.63) is 84.0 Å². The molecule has 4 nitrogen and oxygen atoms in total. The average Bonchev–Trinajstić information content (AvgIpc) is 2.85. The van der Waals surface area contributed by atoms with Crippen molar-refractivity contribution in [3.8, 4) is 11.1 Å². The van der Waals surface area contributed by atoms with Crippen LogP contribution in [0.2, 0.25) is 0 Å².